The number of nitrogens with zero attached hydrogens (tertiary/aromatic N) is 2. The van der Waals surface area contributed by atoms with E-state index in [9.17, 15) is 13.2 Å². The van der Waals surface area contributed by atoms with E-state index in [4.69, 9.17) is 11.6 Å². The molecule has 1 aromatic rings. The number of rotatable bonds is 1. The molecule has 0 N–H and O–H groups in total. The highest BCUT2D eigenvalue weighted by atomic mass is 79.9. The maximum Gasteiger partial charge on any atom is 0.444 e. The van der Waals surface area contributed by atoms with Gasteiger partial charge in [0.2, 0.25) is 5.17 Å². The Hall–Kier alpha value is -0.620. The second-order valence-corrected chi connectivity index (χ2v) is 3.44. The van der Waals surface area contributed by atoms with Crippen LogP contribution in [0.15, 0.2) is 27.9 Å². The minimum atomic E-state index is -4.62. The Bertz CT molecular complexity index is 364. The molecule has 0 aliphatic carbocycles. The van der Waals surface area contributed by atoms with Gasteiger partial charge in [-0.2, -0.15) is 13.2 Å². The van der Waals surface area contributed by atoms with Gasteiger partial charge in [-0.05, 0) is 22.0 Å². The van der Waals surface area contributed by atoms with Crippen LogP contribution in [-0.4, -0.2) is 16.3 Å². The Morgan fingerprint density at radius 1 is 1.50 bits per heavy atom. The van der Waals surface area contributed by atoms with Crippen molar-refractivity contribution in [3.8, 4) is 0 Å². The molecule has 2 nitrogen and oxygen atoms in total. The number of pyridine rings is 1. The van der Waals surface area contributed by atoms with E-state index < -0.39 is 11.3 Å². The predicted molar refractivity (Wildman–Crippen MR) is 50.9 cm³/mol. The van der Waals surface area contributed by atoms with Gasteiger partial charge in [0.1, 0.15) is 0 Å². The van der Waals surface area contributed by atoms with Crippen LogP contribution in [0.1, 0.15) is 0 Å². The minimum Gasteiger partial charge on any atom is -0.263 e. The number of aliphatic imine (C=N–C) groups is 1. The summed E-state index contributed by atoms with van der Waals surface area (Å²) >= 11 is 7.94. The van der Waals surface area contributed by atoms with Crippen molar-refractivity contribution in [3.05, 3.63) is 22.9 Å². The minimum absolute atomic E-state index is 0.0855. The average Bonchev–Trinajstić information content (AvgIpc) is 2.07. The molecule has 1 rings (SSSR count). The lowest BCUT2D eigenvalue weighted by atomic mass is 10.4. The summed E-state index contributed by atoms with van der Waals surface area (Å²) in [4.78, 5) is 6.87. The summed E-state index contributed by atoms with van der Waals surface area (Å²) in [5.74, 6) is 0. The molecule has 76 valence electrons. The molecule has 0 amide bonds. The third kappa shape index (κ3) is 2.95. The summed E-state index contributed by atoms with van der Waals surface area (Å²) in [6, 6.07) is 1.32. The van der Waals surface area contributed by atoms with E-state index in [0.29, 0.717) is 4.47 Å². The third-order valence-corrected chi connectivity index (χ3v) is 2.11. The van der Waals surface area contributed by atoms with Crippen molar-refractivity contribution in [1.82, 2.24) is 4.98 Å². The van der Waals surface area contributed by atoms with Crippen molar-refractivity contribution in [2.45, 2.75) is 6.18 Å². The fraction of sp³-hybridized carbons (Fsp3) is 0.143. The molecular weight excluding hydrogens is 284 g/mol. The zero-order chi connectivity index (χ0) is 10.8. The summed E-state index contributed by atoms with van der Waals surface area (Å²) in [7, 11) is 0. The summed E-state index contributed by atoms with van der Waals surface area (Å²) in [5.41, 5.74) is 0.0855. The van der Waals surface area contributed by atoms with Crippen LogP contribution in [0, 0.1) is 0 Å². The van der Waals surface area contributed by atoms with E-state index in [1.807, 2.05) is 0 Å². The molecule has 0 atom stereocenters. The highest BCUT2D eigenvalue weighted by Gasteiger charge is 2.34. The number of hydrogen-bond donors (Lipinski definition) is 0. The molecule has 1 heterocycles. The number of halogens is 5. The highest BCUT2D eigenvalue weighted by molar-refractivity contribution is 9.10. The number of hydrogen-bond acceptors (Lipinski definition) is 2. The molecule has 0 unspecified atom stereocenters. The molecule has 0 saturated heterocycles. The SMILES string of the molecule is FC(F)(F)C(Cl)=Nc1ccncc1Br. The summed E-state index contributed by atoms with van der Waals surface area (Å²) in [5, 5.41) is -1.41. The molecular formula is C7H3BrClF3N2. The van der Waals surface area contributed by atoms with E-state index >= 15 is 0 Å². The normalized spacial score (nSPS) is 13.1. The largest absolute Gasteiger partial charge is 0.444 e. The van der Waals surface area contributed by atoms with Crippen molar-refractivity contribution >= 4 is 38.4 Å². The van der Waals surface area contributed by atoms with E-state index in [1.165, 1.54) is 18.5 Å². The number of aromatic nitrogens is 1. The molecule has 7 heteroatoms. The molecule has 0 spiro atoms. The van der Waals surface area contributed by atoms with Crippen LogP contribution in [0.25, 0.3) is 0 Å². The fourth-order valence-electron chi connectivity index (χ4n) is 0.628. The van der Waals surface area contributed by atoms with Gasteiger partial charge in [0.25, 0.3) is 0 Å². The molecule has 1 aromatic heterocycles. The van der Waals surface area contributed by atoms with E-state index in [1.54, 1.807) is 0 Å². The van der Waals surface area contributed by atoms with Gasteiger partial charge in [-0.25, -0.2) is 4.99 Å². The zero-order valence-electron chi connectivity index (χ0n) is 6.52. The van der Waals surface area contributed by atoms with Crippen molar-refractivity contribution in [2.24, 2.45) is 4.99 Å². The van der Waals surface area contributed by atoms with Crippen LogP contribution in [0.3, 0.4) is 0 Å². The van der Waals surface area contributed by atoms with Crippen LogP contribution in [0.4, 0.5) is 18.9 Å². The molecule has 0 bridgehead atoms. The van der Waals surface area contributed by atoms with Gasteiger partial charge in [-0.15, -0.1) is 0 Å². The lowest BCUT2D eigenvalue weighted by Gasteiger charge is -2.03. The van der Waals surface area contributed by atoms with Gasteiger partial charge >= 0.3 is 6.18 Å². The lowest BCUT2D eigenvalue weighted by molar-refractivity contribution is -0.0558. The van der Waals surface area contributed by atoms with Gasteiger partial charge in [0.05, 0.1) is 10.2 Å². The first-order chi connectivity index (χ1) is 6.41. The first kappa shape index (κ1) is 11.5. The van der Waals surface area contributed by atoms with E-state index in [2.05, 4.69) is 25.9 Å². The summed E-state index contributed by atoms with van der Waals surface area (Å²) in [6.07, 6.45) is -1.96. The monoisotopic (exact) mass is 286 g/mol. The van der Waals surface area contributed by atoms with Crippen LogP contribution in [0.5, 0.6) is 0 Å². The molecule has 14 heavy (non-hydrogen) atoms. The van der Waals surface area contributed by atoms with Crippen LogP contribution < -0.4 is 0 Å². The molecule has 0 fully saturated rings. The molecule has 0 aliphatic heterocycles. The Morgan fingerprint density at radius 2 is 2.14 bits per heavy atom. The quantitative estimate of drug-likeness (QED) is 0.723. The van der Waals surface area contributed by atoms with Crippen LogP contribution in [-0.2, 0) is 0 Å². The standard InChI is InChI=1S/C7H3BrClF3N2/c8-4-3-13-2-1-5(4)14-6(9)7(10,11)12/h1-3H. The maximum atomic E-state index is 12.0. The predicted octanol–water partition coefficient (Wildman–Crippen LogP) is 3.68. The van der Waals surface area contributed by atoms with Crippen molar-refractivity contribution < 1.29 is 13.2 Å². The first-order valence-corrected chi connectivity index (χ1v) is 4.49. The van der Waals surface area contributed by atoms with Gasteiger partial charge in [-0.3, -0.25) is 4.98 Å². The zero-order valence-corrected chi connectivity index (χ0v) is 8.86. The molecule has 0 aromatic carbocycles. The maximum absolute atomic E-state index is 12.0. The first-order valence-electron chi connectivity index (χ1n) is 3.32. The van der Waals surface area contributed by atoms with E-state index in [-0.39, 0.29) is 5.69 Å². The topological polar surface area (TPSA) is 25.2 Å². The van der Waals surface area contributed by atoms with Gasteiger partial charge < -0.3 is 0 Å². The Labute approximate surface area is 90.9 Å². The van der Waals surface area contributed by atoms with Gasteiger partial charge in [0, 0.05) is 12.4 Å². The van der Waals surface area contributed by atoms with E-state index in [0.717, 1.165) is 0 Å². The summed E-state index contributed by atoms with van der Waals surface area (Å²) < 4.78 is 36.3. The number of alkyl halides is 3. The Kier molecular flexibility index (Phi) is 3.49. The molecule has 0 aliphatic rings. The van der Waals surface area contributed by atoms with Crippen LogP contribution in [0.2, 0.25) is 0 Å². The second kappa shape index (κ2) is 4.27. The van der Waals surface area contributed by atoms with Crippen molar-refractivity contribution in [2.75, 3.05) is 0 Å². The van der Waals surface area contributed by atoms with Crippen molar-refractivity contribution in [1.29, 1.82) is 0 Å². The average molecular weight is 287 g/mol. The van der Waals surface area contributed by atoms with Crippen LogP contribution >= 0.6 is 27.5 Å². The second-order valence-electron chi connectivity index (χ2n) is 2.23. The van der Waals surface area contributed by atoms with Gasteiger partial charge in [-0.1, -0.05) is 11.6 Å². The lowest BCUT2D eigenvalue weighted by Crippen LogP contribution is -2.16. The Morgan fingerprint density at radius 3 is 2.64 bits per heavy atom. The fourth-order valence-corrected chi connectivity index (χ4v) is 1.06. The van der Waals surface area contributed by atoms with Gasteiger partial charge in [0.15, 0.2) is 0 Å². The smallest absolute Gasteiger partial charge is 0.263 e. The third-order valence-electron chi connectivity index (χ3n) is 1.20. The summed E-state index contributed by atoms with van der Waals surface area (Å²) in [6.45, 7) is 0. The molecule has 0 saturated carbocycles. The van der Waals surface area contributed by atoms with Crippen molar-refractivity contribution in [3.63, 3.8) is 0 Å². The Balaban J connectivity index is 3.04. The molecule has 0 radical (unpaired) electrons. The highest BCUT2D eigenvalue weighted by Crippen LogP contribution is 2.28.